The van der Waals surface area contributed by atoms with E-state index in [9.17, 15) is 14.0 Å². The third-order valence-electron chi connectivity index (χ3n) is 3.35. The molecule has 0 aliphatic heterocycles. The molecular weight excluding hydrogens is 275 g/mol. The topological polar surface area (TPSA) is 78.4 Å². The summed E-state index contributed by atoms with van der Waals surface area (Å²) < 4.78 is 13.8. The molecule has 1 aromatic rings. The van der Waals surface area contributed by atoms with Gasteiger partial charge in [0.25, 0.3) is 0 Å². The number of rotatable bonds is 4. The average Bonchev–Trinajstić information content (AvgIpc) is 2.92. The minimum absolute atomic E-state index is 0.0676. The first kappa shape index (κ1) is 15.0. The van der Waals surface area contributed by atoms with Gasteiger partial charge < -0.3 is 15.7 Å². The van der Waals surface area contributed by atoms with E-state index in [-0.39, 0.29) is 11.7 Å². The molecule has 0 atom stereocenters. The first-order chi connectivity index (χ1) is 10.0. The number of halogens is 1. The molecular formula is C15H17FN2O3. The summed E-state index contributed by atoms with van der Waals surface area (Å²) in [6.45, 7) is 0. The van der Waals surface area contributed by atoms with Crippen LogP contribution in [-0.4, -0.2) is 23.1 Å². The molecule has 1 fully saturated rings. The van der Waals surface area contributed by atoms with Crippen LogP contribution < -0.4 is 10.6 Å². The minimum atomic E-state index is -1.10. The molecule has 112 valence electrons. The fourth-order valence-electron chi connectivity index (χ4n) is 2.32. The fraction of sp³-hybridized carbons (Fsp3) is 0.333. The molecule has 21 heavy (non-hydrogen) atoms. The lowest BCUT2D eigenvalue weighted by molar-refractivity contribution is -0.131. The second-order valence-corrected chi connectivity index (χ2v) is 4.99. The maximum Gasteiger partial charge on any atom is 0.328 e. The number of amides is 2. The highest BCUT2D eigenvalue weighted by Gasteiger charge is 2.17. The zero-order valence-electron chi connectivity index (χ0n) is 11.4. The Hall–Kier alpha value is -2.37. The van der Waals surface area contributed by atoms with Crippen molar-refractivity contribution >= 4 is 23.8 Å². The Morgan fingerprint density at radius 2 is 2.00 bits per heavy atom. The van der Waals surface area contributed by atoms with Crippen LogP contribution in [0.2, 0.25) is 0 Å². The number of carboxylic acid groups (broad SMARTS) is 1. The SMILES string of the molecule is O=C(O)/C=C/c1ccc(NC(=O)NC2CCCC2)c(F)c1. The molecule has 0 saturated heterocycles. The Morgan fingerprint density at radius 1 is 1.29 bits per heavy atom. The van der Waals surface area contributed by atoms with Gasteiger partial charge in [0.1, 0.15) is 5.82 Å². The highest BCUT2D eigenvalue weighted by molar-refractivity contribution is 5.90. The first-order valence-corrected chi connectivity index (χ1v) is 6.82. The molecule has 1 aliphatic rings. The third-order valence-corrected chi connectivity index (χ3v) is 3.35. The molecule has 0 aromatic heterocycles. The molecule has 2 amide bonds. The van der Waals surface area contributed by atoms with Gasteiger partial charge in [-0.2, -0.15) is 0 Å². The normalized spacial score (nSPS) is 15.3. The van der Waals surface area contributed by atoms with Crippen LogP contribution in [0, 0.1) is 5.82 Å². The van der Waals surface area contributed by atoms with Crippen molar-refractivity contribution in [3.63, 3.8) is 0 Å². The van der Waals surface area contributed by atoms with Gasteiger partial charge in [0.05, 0.1) is 5.69 Å². The molecule has 3 N–H and O–H groups in total. The molecule has 6 heteroatoms. The van der Waals surface area contributed by atoms with Crippen molar-refractivity contribution in [1.82, 2.24) is 5.32 Å². The van der Waals surface area contributed by atoms with Crippen molar-refractivity contribution in [1.29, 1.82) is 0 Å². The lowest BCUT2D eigenvalue weighted by Crippen LogP contribution is -2.36. The second kappa shape index (κ2) is 6.88. The minimum Gasteiger partial charge on any atom is -0.478 e. The summed E-state index contributed by atoms with van der Waals surface area (Å²) in [5.41, 5.74) is 0.481. The summed E-state index contributed by atoms with van der Waals surface area (Å²) in [5, 5.41) is 13.8. The van der Waals surface area contributed by atoms with Crippen LogP contribution in [0.3, 0.4) is 0 Å². The van der Waals surface area contributed by atoms with Crippen LogP contribution in [0.1, 0.15) is 31.2 Å². The Kier molecular flexibility index (Phi) is 4.92. The van der Waals surface area contributed by atoms with Crippen LogP contribution in [0.5, 0.6) is 0 Å². The highest BCUT2D eigenvalue weighted by Crippen LogP contribution is 2.19. The molecule has 0 heterocycles. The first-order valence-electron chi connectivity index (χ1n) is 6.82. The standard InChI is InChI=1S/C15H17FN2O3/c16-12-9-10(6-8-14(19)20)5-7-13(12)18-15(21)17-11-3-1-2-4-11/h5-9,11H,1-4H2,(H,19,20)(H2,17,18,21)/b8-6+. The number of anilines is 1. The van der Waals surface area contributed by atoms with Crippen molar-refractivity contribution in [3.8, 4) is 0 Å². The van der Waals surface area contributed by atoms with Crippen LogP contribution in [0.4, 0.5) is 14.9 Å². The quantitative estimate of drug-likeness (QED) is 0.746. The van der Waals surface area contributed by atoms with Gasteiger partial charge in [0.2, 0.25) is 0 Å². The molecule has 0 unspecified atom stereocenters. The van der Waals surface area contributed by atoms with E-state index in [1.165, 1.54) is 24.3 Å². The lowest BCUT2D eigenvalue weighted by atomic mass is 10.2. The van der Waals surface area contributed by atoms with Gasteiger partial charge in [-0.15, -0.1) is 0 Å². The Labute approximate surface area is 121 Å². The smallest absolute Gasteiger partial charge is 0.328 e. The predicted molar refractivity (Wildman–Crippen MR) is 77.5 cm³/mol. The largest absolute Gasteiger partial charge is 0.478 e. The lowest BCUT2D eigenvalue weighted by Gasteiger charge is -2.13. The van der Waals surface area contributed by atoms with E-state index in [1.54, 1.807) is 0 Å². The Morgan fingerprint density at radius 3 is 2.62 bits per heavy atom. The van der Waals surface area contributed by atoms with Crippen LogP contribution >= 0.6 is 0 Å². The summed E-state index contributed by atoms with van der Waals surface area (Å²) in [7, 11) is 0. The van der Waals surface area contributed by atoms with Crippen molar-refractivity contribution in [3.05, 3.63) is 35.7 Å². The van der Waals surface area contributed by atoms with E-state index >= 15 is 0 Å². The maximum atomic E-state index is 13.8. The van der Waals surface area contributed by atoms with E-state index in [4.69, 9.17) is 5.11 Å². The molecule has 0 radical (unpaired) electrons. The third kappa shape index (κ3) is 4.59. The van der Waals surface area contributed by atoms with Crippen molar-refractivity contribution in [2.45, 2.75) is 31.7 Å². The number of benzene rings is 1. The summed E-state index contributed by atoms with van der Waals surface area (Å²) in [6, 6.07) is 3.85. The zero-order valence-corrected chi connectivity index (χ0v) is 11.4. The fourth-order valence-corrected chi connectivity index (χ4v) is 2.32. The number of aliphatic carboxylic acids is 1. The maximum absolute atomic E-state index is 13.8. The van der Waals surface area contributed by atoms with Crippen molar-refractivity contribution in [2.24, 2.45) is 0 Å². The number of carbonyl (C=O) groups excluding carboxylic acids is 1. The highest BCUT2D eigenvalue weighted by atomic mass is 19.1. The van der Waals surface area contributed by atoms with Gasteiger partial charge >= 0.3 is 12.0 Å². The number of urea groups is 1. The number of carbonyl (C=O) groups is 2. The summed E-state index contributed by atoms with van der Waals surface area (Å²) in [5.74, 6) is -1.71. The van der Waals surface area contributed by atoms with E-state index in [0.29, 0.717) is 5.56 Å². The van der Waals surface area contributed by atoms with Crippen LogP contribution in [0.25, 0.3) is 6.08 Å². The zero-order chi connectivity index (χ0) is 15.2. The van der Waals surface area contributed by atoms with Crippen molar-refractivity contribution in [2.75, 3.05) is 5.32 Å². The summed E-state index contributed by atoms with van der Waals surface area (Å²) >= 11 is 0. The van der Waals surface area contributed by atoms with Gasteiger partial charge in [-0.25, -0.2) is 14.0 Å². The van der Waals surface area contributed by atoms with Gasteiger partial charge in [-0.05, 0) is 36.6 Å². The van der Waals surface area contributed by atoms with Crippen molar-refractivity contribution < 1.29 is 19.1 Å². The Balaban J connectivity index is 1.96. The van der Waals surface area contributed by atoms with Crippen LogP contribution in [0.15, 0.2) is 24.3 Å². The molecule has 5 nitrogen and oxygen atoms in total. The Bertz CT molecular complexity index is 566. The number of hydrogen-bond acceptors (Lipinski definition) is 2. The van der Waals surface area contributed by atoms with Gasteiger partial charge in [-0.1, -0.05) is 18.9 Å². The summed E-state index contributed by atoms with van der Waals surface area (Å²) in [6.07, 6.45) is 6.32. The number of carboxylic acids is 1. The van der Waals surface area contributed by atoms with E-state index in [0.717, 1.165) is 31.8 Å². The predicted octanol–water partition coefficient (Wildman–Crippen LogP) is 2.99. The number of nitrogens with one attached hydrogen (secondary N) is 2. The molecule has 0 bridgehead atoms. The van der Waals surface area contributed by atoms with E-state index < -0.39 is 17.8 Å². The molecule has 2 rings (SSSR count). The van der Waals surface area contributed by atoms with E-state index in [2.05, 4.69) is 10.6 Å². The van der Waals surface area contributed by atoms with Crippen LogP contribution in [-0.2, 0) is 4.79 Å². The monoisotopic (exact) mass is 292 g/mol. The number of hydrogen-bond donors (Lipinski definition) is 3. The van der Waals surface area contributed by atoms with Gasteiger partial charge in [0, 0.05) is 12.1 Å². The van der Waals surface area contributed by atoms with Gasteiger partial charge in [-0.3, -0.25) is 0 Å². The molecule has 1 aliphatic carbocycles. The second-order valence-electron chi connectivity index (χ2n) is 4.99. The molecule has 1 saturated carbocycles. The van der Waals surface area contributed by atoms with E-state index in [1.807, 2.05) is 0 Å². The average molecular weight is 292 g/mol. The van der Waals surface area contributed by atoms with Gasteiger partial charge in [0.15, 0.2) is 0 Å². The molecule has 0 spiro atoms. The molecule has 1 aromatic carbocycles. The summed E-state index contributed by atoms with van der Waals surface area (Å²) in [4.78, 5) is 22.1.